The standard InChI is InChI=1S/C32H35NO2/c1-3-21-33-22-20-32(31(34)35-4-2,26-14-6-5-7-15-26)29(23-33)30-27-16-10-8-12-24(27)18-19-25-13-9-11-17-28(25)30/h5-17H,3-4,18-23H2,1-2H3. The van der Waals surface area contributed by atoms with E-state index in [0.717, 1.165) is 50.9 Å². The molecule has 0 aromatic heterocycles. The quantitative estimate of drug-likeness (QED) is 0.420. The Morgan fingerprint density at radius 2 is 1.46 bits per heavy atom. The first-order valence-electron chi connectivity index (χ1n) is 13.0. The normalized spacial score (nSPS) is 20.1. The predicted octanol–water partition coefficient (Wildman–Crippen LogP) is 6.20. The molecule has 1 heterocycles. The Kier molecular flexibility index (Phi) is 6.88. The minimum absolute atomic E-state index is 0.121. The van der Waals surface area contributed by atoms with Crippen molar-refractivity contribution in [2.24, 2.45) is 0 Å². The minimum Gasteiger partial charge on any atom is -0.465 e. The molecule has 0 amide bonds. The van der Waals surface area contributed by atoms with Crippen LogP contribution in [-0.4, -0.2) is 37.1 Å². The van der Waals surface area contributed by atoms with Crippen LogP contribution in [0.3, 0.4) is 0 Å². The molecule has 0 spiro atoms. The van der Waals surface area contributed by atoms with Gasteiger partial charge in [-0.1, -0.05) is 85.8 Å². The van der Waals surface area contributed by atoms with Gasteiger partial charge >= 0.3 is 5.97 Å². The van der Waals surface area contributed by atoms with Crippen molar-refractivity contribution in [3.05, 3.63) is 112 Å². The molecule has 2 aliphatic rings. The highest BCUT2D eigenvalue weighted by Crippen LogP contribution is 2.47. The van der Waals surface area contributed by atoms with Crippen LogP contribution >= 0.6 is 0 Å². The Hall–Kier alpha value is -3.17. The molecule has 0 saturated carbocycles. The van der Waals surface area contributed by atoms with Gasteiger partial charge < -0.3 is 4.74 Å². The molecule has 0 N–H and O–H groups in total. The van der Waals surface area contributed by atoms with E-state index in [-0.39, 0.29) is 5.97 Å². The van der Waals surface area contributed by atoms with Crippen molar-refractivity contribution in [3.63, 3.8) is 0 Å². The van der Waals surface area contributed by atoms with Gasteiger partial charge in [0.2, 0.25) is 0 Å². The summed E-state index contributed by atoms with van der Waals surface area (Å²) in [7, 11) is 0. The molecule has 3 aromatic rings. The van der Waals surface area contributed by atoms with Gasteiger partial charge in [-0.25, -0.2) is 0 Å². The van der Waals surface area contributed by atoms with Crippen molar-refractivity contribution in [2.45, 2.75) is 44.9 Å². The lowest BCUT2D eigenvalue weighted by molar-refractivity contribution is -0.149. The third-order valence-electron chi connectivity index (χ3n) is 7.67. The van der Waals surface area contributed by atoms with Gasteiger partial charge in [-0.3, -0.25) is 9.69 Å². The number of rotatable bonds is 5. The number of likely N-dealkylation sites (tertiary alicyclic amines) is 1. The van der Waals surface area contributed by atoms with Gasteiger partial charge in [-0.15, -0.1) is 0 Å². The van der Waals surface area contributed by atoms with Crippen LogP contribution in [-0.2, 0) is 27.8 Å². The zero-order valence-corrected chi connectivity index (χ0v) is 20.9. The van der Waals surface area contributed by atoms with Gasteiger partial charge in [0, 0.05) is 13.1 Å². The van der Waals surface area contributed by atoms with Crippen LogP contribution in [0.15, 0.2) is 84.4 Å². The van der Waals surface area contributed by atoms with Crippen LogP contribution < -0.4 is 0 Å². The lowest BCUT2D eigenvalue weighted by Gasteiger charge is -2.44. The van der Waals surface area contributed by atoms with Crippen molar-refractivity contribution >= 4 is 11.5 Å². The maximum atomic E-state index is 14.1. The summed E-state index contributed by atoms with van der Waals surface area (Å²) in [4.78, 5) is 16.6. The van der Waals surface area contributed by atoms with E-state index in [4.69, 9.17) is 4.74 Å². The predicted molar refractivity (Wildman–Crippen MR) is 142 cm³/mol. The second-order valence-corrected chi connectivity index (χ2v) is 9.69. The lowest BCUT2D eigenvalue weighted by atomic mass is 9.66. The van der Waals surface area contributed by atoms with Gasteiger partial charge in [-0.2, -0.15) is 0 Å². The molecule has 0 bridgehead atoms. The first kappa shape index (κ1) is 23.6. The number of nitrogens with zero attached hydrogens (tertiary/aromatic N) is 1. The third-order valence-corrected chi connectivity index (χ3v) is 7.67. The summed E-state index contributed by atoms with van der Waals surface area (Å²) in [5, 5.41) is 0. The van der Waals surface area contributed by atoms with E-state index in [9.17, 15) is 4.79 Å². The summed E-state index contributed by atoms with van der Waals surface area (Å²) in [5.74, 6) is -0.121. The van der Waals surface area contributed by atoms with Crippen LogP contribution in [0.2, 0.25) is 0 Å². The number of benzene rings is 3. The fraction of sp³-hybridized carbons (Fsp3) is 0.344. The smallest absolute Gasteiger partial charge is 0.320 e. The number of carbonyl (C=O) groups is 1. The number of esters is 1. The molecule has 1 aliphatic heterocycles. The summed E-state index contributed by atoms with van der Waals surface area (Å²) in [6.45, 7) is 7.18. The number of carbonyl (C=O) groups excluding carboxylic acids is 1. The van der Waals surface area contributed by atoms with E-state index in [1.54, 1.807) is 0 Å². The topological polar surface area (TPSA) is 29.5 Å². The Bertz CT molecular complexity index is 1180. The number of aryl methyl sites for hydroxylation is 2. The van der Waals surface area contributed by atoms with E-state index in [2.05, 4.69) is 72.5 Å². The number of piperidine rings is 1. The van der Waals surface area contributed by atoms with Gasteiger partial charge in [0.1, 0.15) is 5.41 Å². The summed E-state index contributed by atoms with van der Waals surface area (Å²) < 4.78 is 5.87. The Balaban J connectivity index is 1.88. The summed E-state index contributed by atoms with van der Waals surface area (Å²) in [5.41, 5.74) is 7.87. The molecule has 1 saturated heterocycles. The average molecular weight is 466 g/mol. The van der Waals surface area contributed by atoms with Gasteiger partial charge in [-0.05, 0) is 78.1 Å². The van der Waals surface area contributed by atoms with Crippen molar-refractivity contribution in [1.29, 1.82) is 0 Å². The molecule has 1 fully saturated rings. The van der Waals surface area contributed by atoms with Crippen LogP contribution in [0.1, 0.15) is 54.5 Å². The first-order valence-corrected chi connectivity index (χ1v) is 13.0. The molecule has 35 heavy (non-hydrogen) atoms. The SMILES string of the molecule is CCCN1CCC(C(=O)OCC)(c2ccccc2)C(=C2c3ccccc3CCc3ccccc32)C1. The molecule has 3 heteroatoms. The number of fused-ring (bicyclic) bond motifs is 2. The molecule has 3 nitrogen and oxygen atoms in total. The zero-order chi connectivity index (χ0) is 24.3. The molecule has 5 rings (SSSR count). The monoisotopic (exact) mass is 465 g/mol. The molecular weight excluding hydrogens is 430 g/mol. The maximum Gasteiger partial charge on any atom is 0.320 e. The minimum atomic E-state index is -0.804. The van der Waals surface area contributed by atoms with E-state index in [1.807, 2.05) is 25.1 Å². The van der Waals surface area contributed by atoms with Crippen LogP contribution in [0.5, 0.6) is 0 Å². The molecular formula is C32H35NO2. The second-order valence-electron chi connectivity index (χ2n) is 9.69. The van der Waals surface area contributed by atoms with Crippen molar-refractivity contribution in [2.75, 3.05) is 26.2 Å². The summed E-state index contributed by atoms with van der Waals surface area (Å²) >= 11 is 0. The molecule has 1 atom stereocenters. The molecule has 180 valence electrons. The molecule has 1 unspecified atom stereocenters. The number of ether oxygens (including phenoxy) is 1. The molecule has 0 radical (unpaired) electrons. The fourth-order valence-corrected chi connectivity index (χ4v) is 6.06. The average Bonchev–Trinajstić information content (AvgIpc) is 3.06. The second kappa shape index (κ2) is 10.2. The lowest BCUT2D eigenvalue weighted by Crippen LogP contribution is -2.50. The molecule has 1 aliphatic carbocycles. The third kappa shape index (κ3) is 4.23. The van der Waals surface area contributed by atoms with Crippen molar-refractivity contribution < 1.29 is 9.53 Å². The number of hydrogen-bond acceptors (Lipinski definition) is 3. The van der Waals surface area contributed by atoms with Crippen molar-refractivity contribution in [1.82, 2.24) is 4.90 Å². The van der Waals surface area contributed by atoms with Crippen molar-refractivity contribution in [3.8, 4) is 0 Å². The van der Waals surface area contributed by atoms with E-state index in [0.29, 0.717) is 6.61 Å². The van der Waals surface area contributed by atoms with Crippen LogP contribution in [0.4, 0.5) is 0 Å². The Morgan fingerprint density at radius 1 is 0.857 bits per heavy atom. The van der Waals surface area contributed by atoms with Gasteiger partial charge in [0.05, 0.1) is 6.61 Å². The van der Waals surface area contributed by atoms with E-state index < -0.39 is 5.41 Å². The summed E-state index contributed by atoms with van der Waals surface area (Å²) in [6.07, 6.45) is 3.81. The van der Waals surface area contributed by atoms with E-state index >= 15 is 0 Å². The Morgan fingerprint density at radius 3 is 2.06 bits per heavy atom. The highest BCUT2D eigenvalue weighted by atomic mass is 16.5. The largest absolute Gasteiger partial charge is 0.465 e. The highest BCUT2D eigenvalue weighted by Gasteiger charge is 2.49. The Labute approximate surface area is 209 Å². The highest BCUT2D eigenvalue weighted by molar-refractivity contribution is 5.96. The van der Waals surface area contributed by atoms with Crippen LogP contribution in [0, 0.1) is 0 Å². The van der Waals surface area contributed by atoms with Crippen LogP contribution in [0.25, 0.3) is 5.57 Å². The maximum absolute atomic E-state index is 14.1. The zero-order valence-electron chi connectivity index (χ0n) is 20.9. The first-order chi connectivity index (χ1) is 17.2. The van der Waals surface area contributed by atoms with E-state index in [1.165, 1.54) is 33.4 Å². The fourth-order valence-electron chi connectivity index (χ4n) is 6.06. The van der Waals surface area contributed by atoms with Gasteiger partial charge in [0.25, 0.3) is 0 Å². The van der Waals surface area contributed by atoms with Gasteiger partial charge in [0.15, 0.2) is 0 Å². The molecule has 3 aromatic carbocycles. The summed E-state index contributed by atoms with van der Waals surface area (Å²) in [6, 6.07) is 27.9. The number of hydrogen-bond donors (Lipinski definition) is 0.